The zero-order valence-corrected chi connectivity index (χ0v) is 12.1. The predicted octanol–water partition coefficient (Wildman–Crippen LogP) is 2.89. The molecule has 0 aliphatic heterocycles. The summed E-state index contributed by atoms with van der Waals surface area (Å²) in [7, 11) is 1.71. The largest absolute Gasteiger partial charge is 0.478 e. The van der Waals surface area contributed by atoms with Gasteiger partial charge in [-0.25, -0.2) is 4.79 Å². The molecule has 0 radical (unpaired) electrons. The average molecular weight is 263 g/mol. The summed E-state index contributed by atoms with van der Waals surface area (Å²) in [6, 6.07) is 6.30. The van der Waals surface area contributed by atoms with Crippen LogP contribution in [-0.2, 0) is 0 Å². The molecule has 0 saturated heterocycles. The summed E-state index contributed by atoms with van der Waals surface area (Å²) in [5.74, 6) is -1.35. The van der Waals surface area contributed by atoms with E-state index in [0.717, 1.165) is 0 Å². The van der Waals surface area contributed by atoms with E-state index in [1.165, 1.54) is 6.07 Å². The second-order valence-corrected chi connectivity index (χ2v) is 5.81. The average Bonchev–Trinajstić information content (AvgIpc) is 2.34. The van der Waals surface area contributed by atoms with Crippen LogP contribution in [0.4, 0.5) is 0 Å². The topological polar surface area (TPSA) is 57.6 Å². The van der Waals surface area contributed by atoms with Gasteiger partial charge in [0.05, 0.1) is 11.1 Å². The molecule has 1 N–H and O–H groups in total. The zero-order valence-electron chi connectivity index (χ0n) is 12.1. The number of rotatable bonds is 3. The Kier molecular flexibility index (Phi) is 4.35. The first-order valence-electron chi connectivity index (χ1n) is 6.25. The molecule has 1 unspecified atom stereocenters. The zero-order chi connectivity index (χ0) is 14.8. The number of carbonyl (C=O) groups is 2. The first-order chi connectivity index (χ1) is 8.66. The number of carboxylic acid groups (broad SMARTS) is 1. The lowest BCUT2D eigenvalue weighted by Crippen LogP contribution is -2.43. The molecule has 1 aromatic carbocycles. The minimum atomic E-state index is -1.08. The highest BCUT2D eigenvalue weighted by atomic mass is 16.4. The van der Waals surface area contributed by atoms with Gasteiger partial charge in [0.2, 0.25) is 0 Å². The SMILES string of the molecule is CC(N(C)C(=O)c1ccccc1C(=O)O)C(C)(C)C. The van der Waals surface area contributed by atoms with E-state index in [1.54, 1.807) is 30.1 Å². The van der Waals surface area contributed by atoms with E-state index in [4.69, 9.17) is 5.11 Å². The number of carbonyl (C=O) groups excluding carboxylic acids is 1. The maximum absolute atomic E-state index is 12.4. The smallest absolute Gasteiger partial charge is 0.336 e. The minimum absolute atomic E-state index is 0.00171. The van der Waals surface area contributed by atoms with Crippen LogP contribution in [0.25, 0.3) is 0 Å². The monoisotopic (exact) mass is 263 g/mol. The first-order valence-corrected chi connectivity index (χ1v) is 6.25. The summed E-state index contributed by atoms with van der Waals surface area (Å²) in [6.45, 7) is 8.10. The third-order valence-electron chi connectivity index (χ3n) is 3.54. The predicted molar refractivity (Wildman–Crippen MR) is 74.4 cm³/mol. The number of aromatic carboxylic acids is 1. The van der Waals surface area contributed by atoms with E-state index in [9.17, 15) is 9.59 Å². The van der Waals surface area contributed by atoms with Crippen LogP contribution in [0.1, 0.15) is 48.4 Å². The Labute approximate surface area is 114 Å². The van der Waals surface area contributed by atoms with Crippen molar-refractivity contribution >= 4 is 11.9 Å². The Morgan fingerprint density at radius 1 is 1.16 bits per heavy atom. The van der Waals surface area contributed by atoms with Crippen LogP contribution in [0.3, 0.4) is 0 Å². The van der Waals surface area contributed by atoms with Crippen LogP contribution in [-0.4, -0.2) is 35.0 Å². The van der Waals surface area contributed by atoms with Crippen molar-refractivity contribution in [2.75, 3.05) is 7.05 Å². The number of amides is 1. The quantitative estimate of drug-likeness (QED) is 0.912. The van der Waals surface area contributed by atoms with Crippen LogP contribution >= 0.6 is 0 Å². The van der Waals surface area contributed by atoms with Crippen LogP contribution in [0.5, 0.6) is 0 Å². The maximum Gasteiger partial charge on any atom is 0.336 e. The molecule has 1 amide bonds. The third kappa shape index (κ3) is 3.34. The van der Waals surface area contributed by atoms with Gasteiger partial charge in [-0.1, -0.05) is 32.9 Å². The van der Waals surface area contributed by atoms with Gasteiger partial charge in [-0.2, -0.15) is 0 Å². The van der Waals surface area contributed by atoms with Crippen molar-refractivity contribution in [1.82, 2.24) is 4.90 Å². The highest BCUT2D eigenvalue weighted by Gasteiger charge is 2.29. The first kappa shape index (κ1) is 15.2. The molecule has 1 atom stereocenters. The van der Waals surface area contributed by atoms with Crippen molar-refractivity contribution in [3.05, 3.63) is 35.4 Å². The Morgan fingerprint density at radius 3 is 2.05 bits per heavy atom. The lowest BCUT2D eigenvalue weighted by atomic mass is 9.87. The van der Waals surface area contributed by atoms with Crippen molar-refractivity contribution in [2.24, 2.45) is 5.41 Å². The fourth-order valence-corrected chi connectivity index (χ4v) is 1.80. The Bertz CT molecular complexity index is 488. The summed E-state index contributed by atoms with van der Waals surface area (Å²) in [4.78, 5) is 25.2. The van der Waals surface area contributed by atoms with Gasteiger partial charge < -0.3 is 10.0 Å². The molecule has 4 nitrogen and oxygen atoms in total. The molecule has 0 bridgehead atoms. The number of nitrogens with zero attached hydrogens (tertiary/aromatic N) is 1. The van der Waals surface area contributed by atoms with Gasteiger partial charge in [-0.15, -0.1) is 0 Å². The summed E-state index contributed by atoms with van der Waals surface area (Å²) >= 11 is 0. The lowest BCUT2D eigenvalue weighted by Gasteiger charge is -2.35. The van der Waals surface area contributed by atoms with E-state index in [0.29, 0.717) is 0 Å². The van der Waals surface area contributed by atoms with Crippen molar-refractivity contribution < 1.29 is 14.7 Å². The van der Waals surface area contributed by atoms with E-state index < -0.39 is 5.97 Å². The van der Waals surface area contributed by atoms with Gasteiger partial charge >= 0.3 is 5.97 Å². The number of hydrogen-bond donors (Lipinski definition) is 1. The van der Waals surface area contributed by atoms with Gasteiger partial charge in [0.15, 0.2) is 0 Å². The third-order valence-corrected chi connectivity index (χ3v) is 3.54. The van der Waals surface area contributed by atoms with Crippen LogP contribution in [0, 0.1) is 5.41 Å². The Hall–Kier alpha value is -1.84. The van der Waals surface area contributed by atoms with Crippen LogP contribution in [0.15, 0.2) is 24.3 Å². The molecular weight excluding hydrogens is 242 g/mol. The van der Waals surface area contributed by atoms with Gasteiger partial charge in [0.25, 0.3) is 5.91 Å². The van der Waals surface area contributed by atoms with E-state index in [-0.39, 0.29) is 28.5 Å². The number of carboxylic acids is 1. The molecule has 0 aromatic heterocycles. The lowest BCUT2D eigenvalue weighted by molar-refractivity contribution is 0.0610. The fraction of sp³-hybridized carbons (Fsp3) is 0.467. The standard InChI is InChI=1S/C15H21NO3/c1-10(15(2,3)4)16(5)13(17)11-8-6-7-9-12(11)14(18)19/h6-10H,1-5H3,(H,18,19). The summed E-state index contributed by atoms with van der Waals surface area (Å²) in [5.41, 5.74) is 0.205. The molecule has 104 valence electrons. The summed E-state index contributed by atoms with van der Waals surface area (Å²) in [6.07, 6.45) is 0. The minimum Gasteiger partial charge on any atom is -0.478 e. The van der Waals surface area contributed by atoms with Crippen LogP contribution < -0.4 is 0 Å². The second-order valence-electron chi connectivity index (χ2n) is 5.81. The van der Waals surface area contributed by atoms with E-state index in [2.05, 4.69) is 0 Å². The molecule has 4 heteroatoms. The second kappa shape index (κ2) is 5.43. The number of hydrogen-bond acceptors (Lipinski definition) is 2. The summed E-state index contributed by atoms with van der Waals surface area (Å²) in [5, 5.41) is 9.12. The molecule has 0 aliphatic rings. The molecule has 0 spiro atoms. The Balaban J connectivity index is 3.11. The normalized spacial score (nSPS) is 12.9. The van der Waals surface area contributed by atoms with Crippen molar-refractivity contribution in [2.45, 2.75) is 33.7 Å². The molecule has 0 aliphatic carbocycles. The van der Waals surface area contributed by atoms with Crippen LogP contribution in [0.2, 0.25) is 0 Å². The van der Waals surface area contributed by atoms with Crippen molar-refractivity contribution in [3.63, 3.8) is 0 Å². The van der Waals surface area contributed by atoms with E-state index >= 15 is 0 Å². The molecule has 19 heavy (non-hydrogen) atoms. The fourth-order valence-electron chi connectivity index (χ4n) is 1.80. The van der Waals surface area contributed by atoms with E-state index in [1.807, 2.05) is 27.7 Å². The molecule has 0 fully saturated rings. The maximum atomic E-state index is 12.4. The molecule has 1 rings (SSSR count). The van der Waals surface area contributed by atoms with Gasteiger partial charge in [-0.05, 0) is 24.5 Å². The highest BCUT2D eigenvalue weighted by Crippen LogP contribution is 2.24. The molecule has 1 aromatic rings. The van der Waals surface area contributed by atoms with Crippen molar-refractivity contribution in [1.29, 1.82) is 0 Å². The highest BCUT2D eigenvalue weighted by molar-refractivity contribution is 6.04. The molecule has 0 saturated carbocycles. The Morgan fingerprint density at radius 2 is 1.63 bits per heavy atom. The summed E-state index contributed by atoms with van der Waals surface area (Å²) < 4.78 is 0. The van der Waals surface area contributed by atoms with Gasteiger partial charge in [0, 0.05) is 13.1 Å². The number of benzene rings is 1. The molecule has 0 heterocycles. The van der Waals surface area contributed by atoms with Gasteiger partial charge in [0.1, 0.15) is 0 Å². The molecular formula is C15H21NO3. The van der Waals surface area contributed by atoms with Crippen molar-refractivity contribution in [3.8, 4) is 0 Å². The van der Waals surface area contributed by atoms with Gasteiger partial charge in [-0.3, -0.25) is 4.79 Å².